The second kappa shape index (κ2) is 10.6. The maximum Gasteiger partial charge on any atom is 0.193 e. The van der Waals surface area contributed by atoms with Crippen LogP contribution < -0.4 is 10.2 Å². The quantitative estimate of drug-likeness (QED) is 0.469. The normalized spacial score (nSPS) is 20.3. The zero-order valence-electron chi connectivity index (χ0n) is 17.4. The Morgan fingerprint density at radius 1 is 1.04 bits per heavy atom. The molecule has 2 fully saturated rings. The fourth-order valence-electron chi connectivity index (χ4n) is 4.03. The van der Waals surface area contributed by atoms with Crippen molar-refractivity contribution < 1.29 is 4.39 Å². The lowest BCUT2D eigenvalue weighted by Crippen LogP contribution is -2.53. The minimum Gasteiger partial charge on any atom is -0.366 e. The zero-order valence-corrected chi connectivity index (χ0v) is 17.4. The molecule has 0 radical (unpaired) electrons. The second-order valence-electron chi connectivity index (χ2n) is 7.75. The molecule has 1 N–H and O–H groups in total. The molecule has 2 aliphatic heterocycles. The zero-order chi connectivity index (χ0) is 19.8. The summed E-state index contributed by atoms with van der Waals surface area (Å²) in [6.07, 6.45) is 2.38. The van der Waals surface area contributed by atoms with Gasteiger partial charge in [0.15, 0.2) is 5.96 Å². The van der Waals surface area contributed by atoms with Crippen molar-refractivity contribution in [2.75, 3.05) is 84.4 Å². The van der Waals surface area contributed by atoms with Crippen LogP contribution >= 0.6 is 0 Å². The summed E-state index contributed by atoms with van der Waals surface area (Å²) >= 11 is 0. The number of hydrogen-bond acceptors (Lipinski definition) is 4. The first kappa shape index (κ1) is 20.9. The van der Waals surface area contributed by atoms with Gasteiger partial charge in [-0.1, -0.05) is 12.1 Å². The molecule has 2 saturated heterocycles. The number of nitrogens with one attached hydrogen (secondary N) is 1. The summed E-state index contributed by atoms with van der Waals surface area (Å²) in [6, 6.07) is 7.03. The lowest BCUT2D eigenvalue weighted by molar-refractivity contribution is 0.273. The summed E-state index contributed by atoms with van der Waals surface area (Å²) < 4.78 is 14.0. The van der Waals surface area contributed by atoms with E-state index in [4.69, 9.17) is 0 Å². The molecule has 0 saturated carbocycles. The van der Waals surface area contributed by atoms with Crippen LogP contribution in [-0.2, 0) is 0 Å². The average Bonchev–Trinajstić information content (AvgIpc) is 2.93. The van der Waals surface area contributed by atoms with Crippen molar-refractivity contribution in [2.45, 2.75) is 12.8 Å². The van der Waals surface area contributed by atoms with Crippen molar-refractivity contribution in [3.8, 4) is 0 Å². The van der Waals surface area contributed by atoms with Gasteiger partial charge in [0, 0.05) is 52.9 Å². The van der Waals surface area contributed by atoms with E-state index in [0.29, 0.717) is 5.69 Å². The Bertz CT molecular complexity index is 629. The smallest absolute Gasteiger partial charge is 0.193 e. The topological polar surface area (TPSA) is 37.4 Å². The number of likely N-dealkylation sites (N-methyl/N-ethyl adjacent to an activating group) is 1. The summed E-state index contributed by atoms with van der Waals surface area (Å²) in [4.78, 5) is 13.8. The molecule has 0 amide bonds. The van der Waals surface area contributed by atoms with E-state index in [0.717, 1.165) is 51.6 Å². The van der Waals surface area contributed by atoms with Crippen molar-refractivity contribution in [3.05, 3.63) is 30.1 Å². The molecule has 1 aromatic carbocycles. The molecule has 0 bridgehead atoms. The molecule has 28 heavy (non-hydrogen) atoms. The van der Waals surface area contributed by atoms with E-state index < -0.39 is 0 Å². The molecule has 6 nitrogen and oxygen atoms in total. The Morgan fingerprint density at radius 3 is 2.57 bits per heavy atom. The number of anilines is 1. The van der Waals surface area contributed by atoms with E-state index in [1.165, 1.54) is 38.7 Å². The first-order valence-corrected chi connectivity index (χ1v) is 10.5. The monoisotopic (exact) mass is 390 g/mol. The van der Waals surface area contributed by atoms with Gasteiger partial charge in [0.2, 0.25) is 0 Å². The highest BCUT2D eigenvalue weighted by molar-refractivity contribution is 5.80. The van der Waals surface area contributed by atoms with Gasteiger partial charge in [0.05, 0.1) is 5.69 Å². The summed E-state index contributed by atoms with van der Waals surface area (Å²) in [7, 11) is 4.05. The van der Waals surface area contributed by atoms with Crippen LogP contribution in [0.1, 0.15) is 12.8 Å². The van der Waals surface area contributed by atoms with E-state index in [9.17, 15) is 4.39 Å². The Balaban J connectivity index is 1.38. The van der Waals surface area contributed by atoms with Crippen LogP contribution in [0.15, 0.2) is 29.3 Å². The highest BCUT2D eigenvalue weighted by Gasteiger charge is 2.21. The third-order valence-electron chi connectivity index (χ3n) is 5.73. The summed E-state index contributed by atoms with van der Waals surface area (Å²) in [5.74, 6) is 0.821. The molecule has 0 atom stereocenters. The number of halogens is 1. The van der Waals surface area contributed by atoms with Crippen LogP contribution in [0.5, 0.6) is 0 Å². The van der Waals surface area contributed by atoms with Gasteiger partial charge in [-0.15, -0.1) is 0 Å². The lowest BCUT2D eigenvalue weighted by atomic mass is 10.2. The predicted octanol–water partition coefficient (Wildman–Crippen LogP) is 1.55. The third-order valence-corrected chi connectivity index (χ3v) is 5.73. The van der Waals surface area contributed by atoms with Crippen LogP contribution in [0.2, 0.25) is 0 Å². The maximum atomic E-state index is 14.0. The van der Waals surface area contributed by atoms with Crippen molar-refractivity contribution in [1.29, 1.82) is 0 Å². The van der Waals surface area contributed by atoms with Crippen LogP contribution in [-0.4, -0.2) is 100 Å². The molecule has 0 spiro atoms. The molecule has 7 heteroatoms. The average molecular weight is 391 g/mol. The summed E-state index contributed by atoms with van der Waals surface area (Å²) in [6.45, 7) is 10.2. The van der Waals surface area contributed by atoms with Crippen molar-refractivity contribution in [3.63, 3.8) is 0 Å². The molecule has 0 aromatic heterocycles. The molecule has 0 aliphatic carbocycles. The van der Waals surface area contributed by atoms with E-state index in [1.54, 1.807) is 6.07 Å². The summed E-state index contributed by atoms with van der Waals surface area (Å²) in [5.41, 5.74) is 0.702. The minimum atomic E-state index is -0.141. The predicted molar refractivity (Wildman–Crippen MR) is 115 cm³/mol. The van der Waals surface area contributed by atoms with Crippen LogP contribution in [0, 0.1) is 5.82 Å². The molecule has 2 heterocycles. The Morgan fingerprint density at radius 2 is 1.82 bits per heavy atom. The van der Waals surface area contributed by atoms with Crippen LogP contribution in [0.3, 0.4) is 0 Å². The molecule has 3 rings (SSSR count). The van der Waals surface area contributed by atoms with E-state index >= 15 is 0 Å². The number of para-hydroxylation sites is 1. The first-order valence-electron chi connectivity index (χ1n) is 10.5. The van der Waals surface area contributed by atoms with Crippen molar-refractivity contribution >= 4 is 11.6 Å². The highest BCUT2D eigenvalue weighted by Crippen LogP contribution is 2.20. The van der Waals surface area contributed by atoms with Gasteiger partial charge in [-0.2, -0.15) is 0 Å². The highest BCUT2D eigenvalue weighted by atomic mass is 19.1. The van der Waals surface area contributed by atoms with Crippen molar-refractivity contribution in [2.24, 2.45) is 4.99 Å². The molecule has 1 aromatic rings. The van der Waals surface area contributed by atoms with Crippen LogP contribution in [0.4, 0.5) is 10.1 Å². The van der Waals surface area contributed by atoms with E-state index in [1.807, 2.05) is 19.2 Å². The number of aliphatic imine (C=N–C) groups is 1. The minimum absolute atomic E-state index is 0.141. The number of hydrogen-bond donors (Lipinski definition) is 1. The number of benzene rings is 1. The Labute approximate surface area is 169 Å². The third kappa shape index (κ3) is 5.82. The van der Waals surface area contributed by atoms with Gasteiger partial charge in [0.25, 0.3) is 0 Å². The lowest BCUT2D eigenvalue weighted by Gasteiger charge is -2.37. The number of nitrogens with zero attached hydrogens (tertiary/aromatic N) is 5. The number of guanidine groups is 1. The van der Waals surface area contributed by atoms with Gasteiger partial charge in [-0.3, -0.25) is 4.99 Å². The van der Waals surface area contributed by atoms with Crippen molar-refractivity contribution in [1.82, 2.24) is 20.0 Å². The van der Waals surface area contributed by atoms with E-state index in [-0.39, 0.29) is 5.82 Å². The molecule has 0 unspecified atom stereocenters. The van der Waals surface area contributed by atoms with Gasteiger partial charge in [-0.25, -0.2) is 4.39 Å². The first-order chi connectivity index (χ1) is 13.7. The van der Waals surface area contributed by atoms with Gasteiger partial charge < -0.3 is 24.9 Å². The fraction of sp³-hybridized carbons (Fsp3) is 0.667. The summed E-state index contributed by atoms with van der Waals surface area (Å²) in [5, 5.41) is 3.52. The Kier molecular flexibility index (Phi) is 7.91. The second-order valence-corrected chi connectivity index (χ2v) is 7.75. The largest absolute Gasteiger partial charge is 0.366 e. The molecular weight excluding hydrogens is 355 g/mol. The number of rotatable bonds is 5. The standard InChI is InChI=1S/C21H35FN6/c1-23-21(24-9-5-11-26-12-6-10-25(2)13-14-26)28-17-15-27(16-18-28)20-8-4-3-7-19(20)22/h3-4,7-8H,5-6,9-18H2,1-2H3,(H,23,24). The maximum absolute atomic E-state index is 14.0. The molecular formula is C21H35FN6. The van der Waals surface area contributed by atoms with Gasteiger partial charge in [0.1, 0.15) is 5.82 Å². The van der Waals surface area contributed by atoms with Crippen LogP contribution in [0.25, 0.3) is 0 Å². The fourth-order valence-corrected chi connectivity index (χ4v) is 4.03. The van der Waals surface area contributed by atoms with E-state index in [2.05, 4.69) is 37.0 Å². The van der Waals surface area contributed by atoms with Gasteiger partial charge in [-0.05, 0) is 51.7 Å². The Hall–Kier alpha value is -1.86. The molecule has 156 valence electrons. The van der Waals surface area contributed by atoms with Gasteiger partial charge >= 0.3 is 0 Å². The number of piperazine rings is 1. The molecule has 2 aliphatic rings. The SMILES string of the molecule is CN=C(NCCCN1CCCN(C)CC1)N1CCN(c2ccccc2F)CC1.